The highest BCUT2D eigenvalue weighted by molar-refractivity contribution is 6.04. The monoisotopic (exact) mass is 409 g/mol. The molecule has 1 fully saturated rings. The number of carbonyl (C=O) groups excluding carboxylic acids is 2. The van der Waals surface area contributed by atoms with Gasteiger partial charge in [-0.15, -0.1) is 0 Å². The number of benzene rings is 2. The van der Waals surface area contributed by atoms with Crippen molar-refractivity contribution in [1.29, 1.82) is 0 Å². The molecule has 0 aliphatic heterocycles. The van der Waals surface area contributed by atoms with Crippen molar-refractivity contribution >= 4 is 23.2 Å². The van der Waals surface area contributed by atoms with Gasteiger partial charge in [-0.25, -0.2) is 0 Å². The van der Waals surface area contributed by atoms with Gasteiger partial charge in [-0.2, -0.15) is 0 Å². The van der Waals surface area contributed by atoms with Gasteiger partial charge in [-0.1, -0.05) is 19.3 Å². The molecule has 3 rings (SSSR count). The fourth-order valence-electron chi connectivity index (χ4n) is 3.61. The average Bonchev–Trinajstić information content (AvgIpc) is 2.76. The van der Waals surface area contributed by atoms with Crippen LogP contribution in [0.1, 0.15) is 56.3 Å². The zero-order valence-corrected chi connectivity index (χ0v) is 17.7. The van der Waals surface area contributed by atoms with Crippen LogP contribution in [0.4, 0.5) is 11.4 Å². The van der Waals surface area contributed by atoms with Crippen molar-refractivity contribution < 1.29 is 14.3 Å². The van der Waals surface area contributed by atoms with E-state index in [9.17, 15) is 9.59 Å². The maximum atomic E-state index is 12.5. The molecule has 1 saturated carbocycles. The highest BCUT2D eigenvalue weighted by Crippen LogP contribution is 2.19. The topological polar surface area (TPSA) is 79.5 Å². The van der Waals surface area contributed by atoms with Crippen molar-refractivity contribution in [1.82, 2.24) is 5.32 Å². The van der Waals surface area contributed by atoms with E-state index >= 15 is 0 Å². The predicted molar refractivity (Wildman–Crippen MR) is 120 cm³/mol. The highest BCUT2D eigenvalue weighted by atomic mass is 16.5. The lowest BCUT2D eigenvalue weighted by Gasteiger charge is -2.25. The van der Waals surface area contributed by atoms with Gasteiger partial charge in [0.25, 0.3) is 5.91 Å². The first-order valence-electron chi connectivity index (χ1n) is 10.8. The zero-order chi connectivity index (χ0) is 21.3. The summed E-state index contributed by atoms with van der Waals surface area (Å²) in [4.78, 5) is 24.9. The van der Waals surface area contributed by atoms with Gasteiger partial charge in [0.2, 0.25) is 5.91 Å². The van der Waals surface area contributed by atoms with E-state index in [0.717, 1.165) is 24.3 Å². The third kappa shape index (κ3) is 6.24. The summed E-state index contributed by atoms with van der Waals surface area (Å²) in [7, 11) is 0. The summed E-state index contributed by atoms with van der Waals surface area (Å²) < 4.78 is 5.41. The molecule has 1 aliphatic carbocycles. The normalized spacial score (nSPS) is 15.1. The number of carbonyl (C=O) groups is 2. The number of hydrogen-bond donors (Lipinski definition) is 3. The van der Waals surface area contributed by atoms with Crippen LogP contribution >= 0.6 is 0 Å². The summed E-state index contributed by atoms with van der Waals surface area (Å²) in [5.74, 6) is 0.598. The van der Waals surface area contributed by atoms with Crippen LogP contribution in [0.15, 0.2) is 48.5 Å². The molecule has 6 nitrogen and oxygen atoms in total. The lowest BCUT2D eigenvalue weighted by Crippen LogP contribution is -2.44. The lowest BCUT2D eigenvalue weighted by atomic mass is 9.95. The predicted octanol–water partition coefficient (Wildman–Crippen LogP) is 4.59. The van der Waals surface area contributed by atoms with Gasteiger partial charge in [0.15, 0.2) is 0 Å². The minimum atomic E-state index is -0.338. The van der Waals surface area contributed by atoms with Crippen LogP contribution in [0.3, 0.4) is 0 Å². The highest BCUT2D eigenvalue weighted by Gasteiger charge is 2.19. The van der Waals surface area contributed by atoms with E-state index in [1.807, 2.05) is 50.2 Å². The lowest BCUT2D eigenvalue weighted by molar-refractivity contribution is -0.122. The Labute approximate surface area is 178 Å². The molecule has 0 bridgehead atoms. The van der Waals surface area contributed by atoms with Crippen molar-refractivity contribution in [3.05, 3.63) is 54.1 Å². The standard InChI is InChI=1S/C24H31N3O3/c1-3-30-22-15-13-21(14-16-22)27-24(29)18-9-11-20(12-10-18)25-17(2)23(28)26-19-7-5-4-6-8-19/h9-17,19,25H,3-8H2,1-2H3,(H,26,28)(H,27,29)/t17-/m1/s1. The molecule has 1 atom stereocenters. The Morgan fingerprint density at radius 1 is 0.967 bits per heavy atom. The number of nitrogens with one attached hydrogen (secondary N) is 3. The first-order chi connectivity index (χ1) is 14.5. The van der Waals surface area contributed by atoms with E-state index in [4.69, 9.17) is 4.74 Å². The third-order valence-electron chi connectivity index (χ3n) is 5.30. The van der Waals surface area contributed by atoms with Crippen LogP contribution in [0.5, 0.6) is 5.75 Å². The van der Waals surface area contributed by atoms with Crippen LogP contribution in [0, 0.1) is 0 Å². The quantitative estimate of drug-likeness (QED) is 0.596. The molecule has 2 aromatic rings. The van der Waals surface area contributed by atoms with Crippen LogP contribution in [-0.4, -0.2) is 30.5 Å². The Balaban J connectivity index is 1.50. The van der Waals surface area contributed by atoms with Gasteiger partial charge in [0.1, 0.15) is 11.8 Å². The Morgan fingerprint density at radius 3 is 2.23 bits per heavy atom. The van der Waals surface area contributed by atoms with Crippen molar-refractivity contribution in [2.75, 3.05) is 17.2 Å². The molecular weight excluding hydrogens is 378 g/mol. The molecule has 3 N–H and O–H groups in total. The number of rotatable bonds is 8. The minimum Gasteiger partial charge on any atom is -0.494 e. The fourth-order valence-corrected chi connectivity index (χ4v) is 3.61. The Hall–Kier alpha value is -3.02. The second-order valence-corrected chi connectivity index (χ2v) is 7.70. The maximum Gasteiger partial charge on any atom is 0.255 e. The molecule has 2 amide bonds. The van der Waals surface area contributed by atoms with Crippen molar-refractivity contribution in [2.45, 2.75) is 58.0 Å². The molecule has 160 valence electrons. The van der Waals surface area contributed by atoms with E-state index in [1.165, 1.54) is 19.3 Å². The molecule has 0 radical (unpaired) electrons. The van der Waals surface area contributed by atoms with Crippen LogP contribution in [-0.2, 0) is 4.79 Å². The van der Waals surface area contributed by atoms with E-state index in [0.29, 0.717) is 23.9 Å². The summed E-state index contributed by atoms with van der Waals surface area (Å²) in [6.45, 7) is 4.38. The zero-order valence-electron chi connectivity index (χ0n) is 17.7. The maximum absolute atomic E-state index is 12.5. The largest absolute Gasteiger partial charge is 0.494 e. The molecule has 0 aromatic heterocycles. The van der Waals surface area contributed by atoms with E-state index in [1.54, 1.807) is 12.1 Å². The summed E-state index contributed by atoms with van der Waals surface area (Å²) in [6, 6.07) is 14.4. The Morgan fingerprint density at radius 2 is 1.60 bits per heavy atom. The Kier molecular flexibility index (Phi) is 7.71. The van der Waals surface area contributed by atoms with Gasteiger partial charge in [0.05, 0.1) is 6.61 Å². The number of hydrogen-bond acceptors (Lipinski definition) is 4. The molecule has 1 aliphatic rings. The van der Waals surface area contributed by atoms with Crippen molar-refractivity contribution in [3.8, 4) is 5.75 Å². The van der Waals surface area contributed by atoms with Gasteiger partial charge >= 0.3 is 0 Å². The molecular formula is C24H31N3O3. The summed E-state index contributed by atoms with van der Waals surface area (Å²) in [5, 5.41) is 9.21. The SMILES string of the molecule is CCOc1ccc(NC(=O)c2ccc(N[C@H](C)C(=O)NC3CCCCC3)cc2)cc1. The third-order valence-corrected chi connectivity index (χ3v) is 5.30. The molecule has 2 aromatic carbocycles. The number of anilines is 2. The fraction of sp³-hybridized carbons (Fsp3) is 0.417. The molecule has 6 heteroatoms. The molecule has 0 saturated heterocycles. The summed E-state index contributed by atoms with van der Waals surface area (Å²) in [5.41, 5.74) is 2.06. The first kappa shape index (κ1) is 21.7. The van der Waals surface area contributed by atoms with Gasteiger partial charge in [-0.3, -0.25) is 9.59 Å². The summed E-state index contributed by atoms with van der Waals surface area (Å²) >= 11 is 0. The van der Waals surface area contributed by atoms with E-state index in [2.05, 4.69) is 16.0 Å². The minimum absolute atomic E-state index is 0.0132. The van der Waals surface area contributed by atoms with Gasteiger partial charge < -0.3 is 20.7 Å². The van der Waals surface area contributed by atoms with Crippen molar-refractivity contribution in [3.63, 3.8) is 0 Å². The summed E-state index contributed by atoms with van der Waals surface area (Å²) in [6.07, 6.45) is 5.77. The molecule has 0 heterocycles. The van der Waals surface area contributed by atoms with E-state index in [-0.39, 0.29) is 17.9 Å². The van der Waals surface area contributed by atoms with Crippen LogP contribution < -0.4 is 20.7 Å². The van der Waals surface area contributed by atoms with Gasteiger partial charge in [0, 0.05) is 23.0 Å². The number of amides is 2. The second kappa shape index (κ2) is 10.7. The van der Waals surface area contributed by atoms with Crippen molar-refractivity contribution in [2.24, 2.45) is 0 Å². The molecule has 0 unspecified atom stereocenters. The Bertz CT molecular complexity index is 828. The average molecular weight is 410 g/mol. The van der Waals surface area contributed by atoms with Crippen LogP contribution in [0.25, 0.3) is 0 Å². The molecule has 30 heavy (non-hydrogen) atoms. The second-order valence-electron chi connectivity index (χ2n) is 7.70. The number of ether oxygens (including phenoxy) is 1. The van der Waals surface area contributed by atoms with Gasteiger partial charge in [-0.05, 0) is 75.2 Å². The smallest absolute Gasteiger partial charge is 0.255 e. The molecule has 0 spiro atoms. The van der Waals surface area contributed by atoms with E-state index < -0.39 is 0 Å². The first-order valence-corrected chi connectivity index (χ1v) is 10.8. The van der Waals surface area contributed by atoms with Crippen LogP contribution in [0.2, 0.25) is 0 Å².